The average Bonchev–Trinajstić information content (AvgIpc) is 2.70. The zero-order valence-corrected chi connectivity index (χ0v) is 12.6. The second-order valence-electron chi connectivity index (χ2n) is 5.48. The van der Waals surface area contributed by atoms with Crippen LogP contribution in [-0.4, -0.2) is 35.0 Å². The topological polar surface area (TPSA) is 23.6 Å². The van der Waals surface area contributed by atoms with Gasteiger partial charge in [-0.05, 0) is 25.3 Å². The molecule has 1 aliphatic heterocycles. The summed E-state index contributed by atoms with van der Waals surface area (Å²) in [7, 11) is 1.89. The first-order valence-corrected chi connectivity index (χ1v) is 7.32. The first kappa shape index (κ1) is 14.6. The summed E-state index contributed by atoms with van der Waals surface area (Å²) in [6.45, 7) is 8.08. The Labute approximate surface area is 121 Å². The summed E-state index contributed by atoms with van der Waals surface area (Å²) in [5, 5.41) is 0. The normalized spacial score (nSPS) is 24.1. The number of rotatable bonds is 5. The van der Waals surface area contributed by atoms with Crippen LogP contribution in [0.4, 0.5) is 4.79 Å². The molecule has 20 heavy (non-hydrogen) atoms. The van der Waals surface area contributed by atoms with Crippen LogP contribution in [0.1, 0.15) is 38.3 Å². The quantitative estimate of drug-likeness (QED) is 0.747. The fourth-order valence-corrected chi connectivity index (χ4v) is 3.06. The van der Waals surface area contributed by atoms with Gasteiger partial charge in [0.25, 0.3) is 0 Å². The van der Waals surface area contributed by atoms with Gasteiger partial charge >= 0.3 is 6.03 Å². The minimum atomic E-state index is 0.124. The van der Waals surface area contributed by atoms with Crippen molar-refractivity contribution < 1.29 is 4.79 Å². The number of urea groups is 1. The third-order valence-electron chi connectivity index (χ3n) is 4.33. The van der Waals surface area contributed by atoms with Crippen LogP contribution in [0.25, 0.3) is 0 Å². The van der Waals surface area contributed by atoms with E-state index in [0.29, 0.717) is 0 Å². The standard InChI is InChI=1S/C17H24N2O/c1-5-10-15(6-2)19-16(13(3)18(4)17(19)20)14-11-8-7-9-12-14/h5,7-9,11-13,15-16H,1,6,10H2,2-4H3/t13-,15-,16-/m1/s1. The summed E-state index contributed by atoms with van der Waals surface area (Å²) in [5.41, 5.74) is 1.21. The molecule has 0 N–H and O–H groups in total. The molecule has 0 spiro atoms. The highest BCUT2D eigenvalue weighted by Crippen LogP contribution is 2.37. The largest absolute Gasteiger partial charge is 0.323 e. The predicted octanol–water partition coefficient (Wildman–Crippen LogP) is 3.84. The van der Waals surface area contributed by atoms with Crippen molar-refractivity contribution >= 4 is 6.03 Å². The maximum atomic E-state index is 12.6. The second kappa shape index (κ2) is 6.12. The van der Waals surface area contributed by atoms with Gasteiger partial charge in [0.1, 0.15) is 0 Å². The highest BCUT2D eigenvalue weighted by molar-refractivity contribution is 5.78. The lowest BCUT2D eigenvalue weighted by atomic mass is 9.97. The molecule has 1 aromatic carbocycles. The van der Waals surface area contributed by atoms with Crippen LogP contribution in [0, 0.1) is 0 Å². The Balaban J connectivity index is 2.39. The van der Waals surface area contributed by atoms with Crippen LogP contribution >= 0.6 is 0 Å². The van der Waals surface area contributed by atoms with Gasteiger partial charge in [0.15, 0.2) is 0 Å². The molecular weight excluding hydrogens is 248 g/mol. The number of carbonyl (C=O) groups is 1. The van der Waals surface area contributed by atoms with Crippen molar-refractivity contribution in [2.45, 2.75) is 44.8 Å². The van der Waals surface area contributed by atoms with Crippen molar-refractivity contribution in [1.82, 2.24) is 9.80 Å². The Kier molecular flexibility index (Phi) is 4.48. The Morgan fingerprint density at radius 2 is 2.00 bits per heavy atom. The lowest BCUT2D eigenvalue weighted by molar-refractivity contribution is 0.165. The molecule has 3 heteroatoms. The molecule has 0 saturated carbocycles. The molecule has 0 unspecified atom stereocenters. The molecule has 1 saturated heterocycles. The summed E-state index contributed by atoms with van der Waals surface area (Å²) in [5.74, 6) is 0. The Morgan fingerprint density at radius 3 is 2.55 bits per heavy atom. The third-order valence-corrected chi connectivity index (χ3v) is 4.33. The van der Waals surface area contributed by atoms with E-state index in [4.69, 9.17) is 0 Å². The highest BCUT2D eigenvalue weighted by Gasteiger charge is 2.44. The second-order valence-corrected chi connectivity index (χ2v) is 5.48. The predicted molar refractivity (Wildman–Crippen MR) is 82.5 cm³/mol. The first-order chi connectivity index (χ1) is 9.61. The van der Waals surface area contributed by atoms with Crippen molar-refractivity contribution in [3.8, 4) is 0 Å². The molecule has 1 aliphatic rings. The first-order valence-electron chi connectivity index (χ1n) is 7.32. The molecule has 108 valence electrons. The van der Waals surface area contributed by atoms with Gasteiger partial charge in [-0.3, -0.25) is 0 Å². The zero-order valence-electron chi connectivity index (χ0n) is 12.6. The fourth-order valence-electron chi connectivity index (χ4n) is 3.06. The maximum Gasteiger partial charge on any atom is 0.320 e. The molecule has 1 aromatic rings. The SMILES string of the molecule is C=CC[C@@H](CC)N1C(=O)N(C)[C@H](C)[C@@H]1c1ccccc1. The number of hydrogen-bond donors (Lipinski definition) is 0. The lowest BCUT2D eigenvalue weighted by Gasteiger charge is -2.32. The van der Waals surface area contributed by atoms with Crippen molar-refractivity contribution in [3.05, 3.63) is 48.6 Å². The van der Waals surface area contributed by atoms with E-state index >= 15 is 0 Å². The molecule has 0 bridgehead atoms. The van der Waals surface area contributed by atoms with E-state index in [1.165, 1.54) is 5.56 Å². The number of likely N-dealkylation sites (N-methyl/N-ethyl adjacent to an activating group) is 1. The monoisotopic (exact) mass is 272 g/mol. The van der Waals surface area contributed by atoms with Crippen LogP contribution in [0.3, 0.4) is 0 Å². The highest BCUT2D eigenvalue weighted by atomic mass is 16.2. The molecule has 3 nitrogen and oxygen atoms in total. The molecule has 3 atom stereocenters. The molecule has 0 radical (unpaired) electrons. The third kappa shape index (κ3) is 2.45. The van der Waals surface area contributed by atoms with Gasteiger partial charge in [-0.15, -0.1) is 6.58 Å². The number of amides is 2. The Morgan fingerprint density at radius 1 is 1.35 bits per heavy atom. The molecule has 2 rings (SSSR count). The number of carbonyl (C=O) groups excluding carboxylic acids is 1. The van der Waals surface area contributed by atoms with Crippen LogP contribution in [0.5, 0.6) is 0 Å². The Bertz CT molecular complexity index is 471. The average molecular weight is 272 g/mol. The van der Waals surface area contributed by atoms with E-state index in [2.05, 4.69) is 32.6 Å². The minimum absolute atomic E-state index is 0.124. The van der Waals surface area contributed by atoms with Crippen LogP contribution < -0.4 is 0 Å². The summed E-state index contributed by atoms with van der Waals surface area (Å²) in [4.78, 5) is 16.5. The van der Waals surface area contributed by atoms with E-state index < -0.39 is 0 Å². The van der Waals surface area contributed by atoms with Gasteiger partial charge in [0, 0.05) is 13.1 Å². The molecular formula is C17H24N2O. The molecule has 0 aliphatic carbocycles. The maximum absolute atomic E-state index is 12.6. The van der Waals surface area contributed by atoms with E-state index in [1.807, 2.05) is 41.1 Å². The number of hydrogen-bond acceptors (Lipinski definition) is 1. The van der Waals surface area contributed by atoms with E-state index in [1.54, 1.807) is 0 Å². The van der Waals surface area contributed by atoms with Gasteiger partial charge in [-0.2, -0.15) is 0 Å². The van der Waals surface area contributed by atoms with E-state index in [0.717, 1.165) is 12.8 Å². The van der Waals surface area contributed by atoms with Gasteiger partial charge in [0.2, 0.25) is 0 Å². The molecule has 1 heterocycles. The van der Waals surface area contributed by atoms with Crippen molar-refractivity contribution in [2.75, 3.05) is 7.05 Å². The van der Waals surface area contributed by atoms with Crippen molar-refractivity contribution in [1.29, 1.82) is 0 Å². The van der Waals surface area contributed by atoms with Gasteiger partial charge < -0.3 is 9.80 Å². The van der Waals surface area contributed by atoms with E-state index in [-0.39, 0.29) is 24.2 Å². The van der Waals surface area contributed by atoms with Gasteiger partial charge in [-0.25, -0.2) is 4.79 Å². The zero-order chi connectivity index (χ0) is 14.7. The van der Waals surface area contributed by atoms with Gasteiger partial charge in [-0.1, -0.05) is 43.3 Å². The van der Waals surface area contributed by atoms with E-state index in [9.17, 15) is 4.79 Å². The minimum Gasteiger partial charge on any atom is -0.323 e. The lowest BCUT2D eigenvalue weighted by Crippen LogP contribution is -2.39. The fraction of sp³-hybridized carbons (Fsp3) is 0.471. The number of benzene rings is 1. The van der Waals surface area contributed by atoms with Crippen molar-refractivity contribution in [3.63, 3.8) is 0 Å². The molecule has 0 aromatic heterocycles. The number of nitrogens with zero attached hydrogens (tertiary/aromatic N) is 2. The molecule has 1 fully saturated rings. The van der Waals surface area contributed by atoms with Crippen LogP contribution in [-0.2, 0) is 0 Å². The summed E-state index contributed by atoms with van der Waals surface area (Å²) in [6.07, 6.45) is 3.69. The van der Waals surface area contributed by atoms with Crippen LogP contribution in [0.2, 0.25) is 0 Å². The summed E-state index contributed by atoms with van der Waals surface area (Å²) >= 11 is 0. The Hall–Kier alpha value is -1.77. The van der Waals surface area contributed by atoms with Crippen LogP contribution in [0.15, 0.2) is 43.0 Å². The smallest absolute Gasteiger partial charge is 0.320 e. The van der Waals surface area contributed by atoms with Crippen molar-refractivity contribution in [2.24, 2.45) is 0 Å². The van der Waals surface area contributed by atoms with Gasteiger partial charge in [0.05, 0.1) is 12.1 Å². The summed E-state index contributed by atoms with van der Waals surface area (Å²) < 4.78 is 0. The summed E-state index contributed by atoms with van der Waals surface area (Å²) in [6, 6.07) is 11.0. The molecule has 2 amide bonds.